The molecule has 0 aromatic carbocycles. The van der Waals surface area contributed by atoms with Crippen LogP contribution in [-0.2, 0) is 38.2 Å². The number of rotatable bonds is 13. The van der Waals surface area contributed by atoms with Gasteiger partial charge in [0.05, 0.1) is 18.7 Å². The number of Topliss-reactive ketones (excluding diaryl/α,β-unsaturated/α-hetero) is 1. The molecule has 0 spiro atoms. The highest BCUT2D eigenvalue weighted by atomic mass is 16.6. The third kappa shape index (κ3) is 16.7. The maximum atomic E-state index is 14.1. The van der Waals surface area contributed by atoms with E-state index in [0.29, 0.717) is 51.5 Å². The standard InChI is InChI=1S/C36H62N6O10/c1-6-14-24(30(45)34(49)38-22-28(44)51-21-7-2)39-31(46)25-17-11-12-20-37-27(43)19-13-18-26(41-35(50)52-36(3,4)5)32(47)42-29(33(48)40-25)23-15-9-8-10-16-23/h23-26,29,31,39,46H,6-22H2,1-5H3,(H,37,43)(H,38,49)(H,40,48)(H,41,50)(H,42,47)/t24?,25-,26-,29-,31?/m0/s1. The highest BCUT2D eigenvalue weighted by molar-refractivity contribution is 6.38. The van der Waals surface area contributed by atoms with Gasteiger partial charge in [0.15, 0.2) is 0 Å². The van der Waals surface area contributed by atoms with Crippen LogP contribution in [0, 0.1) is 5.92 Å². The molecule has 0 bridgehead atoms. The normalized spacial score (nSPS) is 22.8. The number of carbonyl (C=O) groups excluding carboxylic acids is 7. The molecule has 2 aliphatic rings. The van der Waals surface area contributed by atoms with E-state index in [9.17, 15) is 38.7 Å². The van der Waals surface area contributed by atoms with Crippen LogP contribution in [-0.4, -0.2) is 102 Å². The molecular weight excluding hydrogens is 676 g/mol. The number of aliphatic hydroxyl groups excluding tert-OH is 1. The van der Waals surface area contributed by atoms with Gasteiger partial charge in [-0.25, -0.2) is 4.79 Å². The number of nitrogens with one attached hydrogen (secondary N) is 6. The Hall–Kier alpha value is -3.79. The summed E-state index contributed by atoms with van der Waals surface area (Å²) in [6.45, 7) is 8.76. The van der Waals surface area contributed by atoms with Crippen LogP contribution in [0.25, 0.3) is 0 Å². The van der Waals surface area contributed by atoms with E-state index in [1.54, 1.807) is 27.7 Å². The summed E-state index contributed by atoms with van der Waals surface area (Å²) in [6.07, 6.45) is 4.89. The number of aliphatic hydroxyl groups is 1. The highest BCUT2D eigenvalue weighted by Crippen LogP contribution is 2.27. The molecule has 1 saturated heterocycles. The lowest BCUT2D eigenvalue weighted by molar-refractivity contribution is -0.145. The van der Waals surface area contributed by atoms with E-state index in [4.69, 9.17) is 9.47 Å². The number of ether oxygens (including phenoxy) is 2. The molecule has 1 saturated carbocycles. The van der Waals surface area contributed by atoms with Crippen LogP contribution in [0.2, 0.25) is 0 Å². The highest BCUT2D eigenvalue weighted by Gasteiger charge is 2.37. The van der Waals surface area contributed by atoms with Crippen LogP contribution in [0.5, 0.6) is 0 Å². The van der Waals surface area contributed by atoms with Crippen molar-refractivity contribution in [2.24, 2.45) is 5.92 Å². The van der Waals surface area contributed by atoms with E-state index in [1.165, 1.54) is 0 Å². The lowest BCUT2D eigenvalue weighted by Gasteiger charge is -2.34. The monoisotopic (exact) mass is 738 g/mol. The second-order valence-corrected chi connectivity index (χ2v) is 14.7. The molecule has 296 valence electrons. The number of amides is 5. The third-order valence-electron chi connectivity index (χ3n) is 8.93. The molecule has 2 rings (SSSR count). The van der Waals surface area contributed by atoms with E-state index >= 15 is 0 Å². The summed E-state index contributed by atoms with van der Waals surface area (Å²) in [5.41, 5.74) is -0.819. The Morgan fingerprint density at radius 2 is 1.58 bits per heavy atom. The Morgan fingerprint density at radius 1 is 0.885 bits per heavy atom. The summed E-state index contributed by atoms with van der Waals surface area (Å²) in [5, 5.41) is 27.7. The van der Waals surface area contributed by atoms with E-state index in [0.717, 1.165) is 19.3 Å². The van der Waals surface area contributed by atoms with Gasteiger partial charge in [-0.15, -0.1) is 0 Å². The molecule has 0 radical (unpaired) electrons. The van der Waals surface area contributed by atoms with Gasteiger partial charge < -0.3 is 41.2 Å². The number of ketones is 1. The summed E-state index contributed by atoms with van der Waals surface area (Å²) < 4.78 is 10.3. The number of esters is 1. The van der Waals surface area contributed by atoms with Gasteiger partial charge in [-0.3, -0.25) is 34.1 Å². The van der Waals surface area contributed by atoms with Crippen molar-refractivity contribution in [1.82, 2.24) is 31.9 Å². The summed E-state index contributed by atoms with van der Waals surface area (Å²) in [4.78, 5) is 90.8. The van der Waals surface area contributed by atoms with Crippen molar-refractivity contribution in [1.29, 1.82) is 0 Å². The second kappa shape index (κ2) is 23.0. The van der Waals surface area contributed by atoms with Crippen molar-refractivity contribution in [3.63, 3.8) is 0 Å². The zero-order valence-corrected chi connectivity index (χ0v) is 31.6. The summed E-state index contributed by atoms with van der Waals surface area (Å²) >= 11 is 0. The van der Waals surface area contributed by atoms with Crippen LogP contribution >= 0.6 is 0 Å². The Balaban J connectivity index is 2.32. The van der Waals surface area contributed by atoms with Crippen molar-refractivity contribution in [3.05, 3.63) is 0 Å². The molecule has 0 aromatic heterocycles. The van der Waals surface area contributed by atoms with Crippen molar-refractivity contribution in [2.45, 2.75) is 161 Å². The lowest BCUT2D eigenvalue weighted by atomic mass is 9.83. The van der Waals surface area contributed by atoms with Crippen molar-refractivity contribution in [2.75, 3.05) is 19.7 Å². The smallest absolute Gasteiger partial charge is 0.408 e. The van der Waals surface area contributed by atoms with Crippen LogP contribution in [0.3, 0.4) is 0 Å². The van der Waals surface area contributed by atoms with Crippen molar-refractivity contribution in [3.8, 4) is 0 Å². The predicted octanol–water partition coefficient (Wildman–Crippen LogP) is 1.62. The number of hydrogen-bond acceptors (Lipinski definition) is 11. The topological polar surface area (TPSA) is 230 Å². The molecule has 52 heavy (non-hydrogen) atoms. The lowest BCUT2D eigenvalue weighted by Crippen LogP contribution is -2.61. The van der Waals surface area contributed by atoms with Gasteiger partial charge in [-0.2, -0.15) is 0 Å². The van der Waals surface area contributed by atoms with Gasteiger partial charge in [0.25, 0.3) is 5.91 Å². The first-order valence-corrected chi connectivity index (χ1v) is 18.9. The number of alkyl carbamates (subject to hydrolysis) is 1. The molecule has 16 nitrogen and oxygen atoms in total. The molecule has 16 heteroatoms. The average Bonchev–Trinajstić information content (AvgIpc) is 3.09. The van der Waals surface area contributed by atoms with E-state index in [2.05, 4.69) is 31.9 Å². The molecule has 1 heterocycles. The van der Waals surface area contributed by atoms with Crippen LogP contribution < -0.4 is 31.9 Å². The number of carbonyl (C=O) groups is 7. The zero-order valence-electron chi connectivity index (χ0n) is 31.6. The largest absolute Gasteiger partial charge is 0.464 e. The number of hydrogen-bond donors (Lipinski definition) is 7. The van der Waals surface area contributed by atoms with Gasteiger partial charge in [0.2, 0.25) is 23.5 Å². The maximum absolute atomic E-state index is 14.1. The van der Waals surface area contributed by atoms with E-state index in [-0.39, 0.29) is 44.1 Å². The van der Waals surface area contributed by atoms with Crippen molar-refractivity contribution >= 4 is 41.5 Å². The minimum atomic E-state index is -1.48. The van der Waals surface area contributed by atoms with E-state index < -0.39 is 78.1 Å². The van der Waals surface area contributed by atoms with E-state index in [1.807, 2.05) is 6.92 Å². The molecule has 1 aliphatic heterocycles. The van der Waals surface area contributed by atoms with Crippen LogP contribution in [0.1, 0.15) is 125 Å². The SMILES string of the molecule is CCCOC(=O)CNC(=O)C(=O)C(CCC)NC(O)[C@@H]1CCCCNC(=O)CCC[C@H](NC(=O)OC(C)(C)C)C(=O)N[C@@H](C2CCCCC2)C(=O)N1. The maximum Gasteiger partial charge on any atom is 0.408 e. The summed E-state index contributed by atoms with van der Waals surface area (Å²) in [6, 6.07) is -4.16. The summed E-state index contributed by atoms with van der Waals surface area (Å²) in [5.74, 6) is -4.13. The molecule has 7 N–H and O–H groups in total. The first-order chi connectivity index (χ1) is 24.6. The Bertz CT molecular complexity index is 1200. The fourth-order valence-corrected chi connectivity index (χ4v) is 6.26. The molecule has 0 aromatic rings. The first kappa shape index (κ1) is 44.4. The van der Waals surface area contributed by atoms with Crippen LogP contribution in [0.15, 0.2) is 0 Å². The molecular formula is C36H62N6O10. The Morgan fingerprint density at radius 3 is 2.23 bits per heavy atom. The minimum Gasteiger partial charge on any atom is -0.464 e. The zero-order chi connectivity index (χ0) is 38.7. The second-order valence-electron chi connectivity index (χ2n) is 14.7. The molecule has 5 atom stereocenters. The minimum absolute atomic E-state index is 0.123. The summed E-state index contributed by atoms with van der Waals surface area (Å²) in [7, 11) is 0. The molecule has 2 fully saturated rings. The fraction of sp³-hybridized carbons (Fsp3) is 0.806. The molecule has 1 aliphatic carbocycles. The van der Waals surface area contributed by atoms with Gasteiger partial charge in [0, 0.05) is 13.0 Å². The van der Waals surface area contributed by atoms with Gasteiger partial charge in [0.1, 0.15) is 30.5 Å². The first-order valence-electron chi connectivity index (χ1n) is 18.9. The fourth-order valence-electron chi connectivity index (χ4n) is 6.26. The Labute approximate surface area is 307 Å². The molecule has 5 amide bonds. The Kier molecular flexibility index (Phi) is 19.6. The quantitative estimate of drug-likeness (QED) is 0.0816. The van der Waals surface area contributed by atoms with Gasteiger partial charge in [-0.1, -0.05) is 39.5 Å². The predicted molar refractivity (Wildman–Crippen MR) is 191 cm³/mol. The van der Waals surface area contributed by atoms with Gasteiger partial charge >= 0.3 is 12.1 Å². The third-order valence-corrected chi connectivity index (χ3v) is 8.93. The van der Waals surface area contributed by atoms with Gasteiger partial charge in [-0.05, 0) is 84.5 Å². The molecule has 2 unspecified atom stereocenters. The van der Waals surface area contributed by atoms with Crippen LogP contribution in [0.4, 0.5) is 4.79 Å². The average molecular weight is 739 g/mol. The van der Waals surface area contributed by atoms with Crippen molar-refractivity contribution < 1.29 is 48.1 Å².